The highest BCUT2D eigenvalue weighted by atomic mass is 127. The molecule has 1 atom stereocenters. The van der Waals surface area contributed by atoms with Crippen molar-refractivity contribution in [1.82, 2.24) is 15.5 Å². The zero-order valence-electron chi connectivity index (χ0n) is 17.7. The largest absolute Gasteiger partial charge is 0.416 e. The van der Waals surface area contributed by atoms with E-state index >= 15 is 0 Å². The number of nitrogens with zero attached hydrogens (tertiary/aromatic N) is 2. The van der Waals surface area contributed by atoms with Crippen LogP contribution in [0.2, 0.25) is 0 Å². The van der Waals surface area contributed by atoms with Gasteiger partial charge in [0.05, 0.1) is 18.7 Å². The maximum atomic E-state index is 13.0. The van der Waals surface area contributed by atoms with E-state index < -0.39 is 17.8 Å². The number of nitrogens with one attached hydrogen (secondary N) is 2. The van der Waals surface area contributed by atoms with Crippen LogP contribution in [0.4, 0.5) is 13.2 Å². The molecule has 2 N–H and O–H groups in total. The molecule has 1 aromatic carbocycles. The molecular formula is C20H30F3IN4O2. The van der Waals surface area contributed by atoms with Gasteiger partial charge in [0, 0.05) is 18.6 Å². The van der Waals surface area contributed by atoms with Crippen molar-refractivity contribution in [2.75, 3.05) is 32.8 Å². The van der Waals surface area contributed by atoms with Gasteiger partial charge in [0.2, 0.25) is 5.91 Å². The highest BCUT2D eigenvalue weighted by Crippen LogP contribution is 2.32. The van der Waals surface area contributed by atoms with Crippen LogP contribution >= 0.6 is 24.0 Å². The summed E-state index contributed by atoms with van der Waals surface area (Å²) < 4.78 is 44.8. The molecule has 0 aromatic heterocycles. The molecule has 30 heavy (non-hydrogen) atoms. The van der Waals surface area contributed by atoms with E-state index in [0.29, 0.717) is 37.8 Å². The van der Waals surface area contributed by atoms with E-state index in [2.05, 4.69) is 15.6 Å². The third-order valence-electron chi connectivity index (χ3n) is 4.17. The summed E-state index contributed by atoms with van der Waals surface area (Å²) in [5, 5.41) is 5.99. The molecule has 1 aromatic rings. The van der Waals surface area contributed by atoms with Crippen LogP contribution in [0.3, 0.4) is 0 Å². The Labute approximate surface area is 192 Å². The SMILES string of the molecule is CCNC(=NCC(=O)NC(C)(C)C)N1CCOC(c2cccc(C(F)(F)F)c2)C1.I. The van der Waals surface area contributed by atoms with Crippen LogP contribution in [0, 0.1) is 0 Å². The molecule has 0 aliphatic carbocycles. The molecule has 1 saturated heterocycles. The number of rotatable bonds is 4. The second-order valence-corrected chi connectivity index (χ2v) is 7.90. The van der Waals surface area contributed by atoms with Crippen molar-refractivity contribution in [3.8, 4) is 0 Å². The van der Waals surface area contributed by atoms with Crippen LogP contribution < -0.4 is 10.6 Å². The Morgan fingerprint density at radius 3 is 2.60 bits per heavy atom. The Bertz CT molecular complexity index is 735. The molecule has 1 heterocycles. The second-order valence-electron chi connectivity index (χ2n) is 7.90. The fourth-order valence-electron chi connectivity index (χ4n) is 2.99. The molecule has 1 aliphatic heterocycles. The van der Waals surface area contributed by atoms with Crippen molar-refractivity contribution < 1.29 is 22.7 Å². The minimum absolute atomic E-state index is 0. The van der Waals surface area contributed by atoms with Gasteiger partial charge in [-0.2, -0.15) is 13.2 Å². The van der Waals surface area contributed by atoms with Gasteiger partial charge >= 0.3 is 6.18 Å². The number of morpholine rings is 1. The maximum Gasteiger partial charge on any atom is 0.416 e. The third kappa shape index (κ3) is 8.29. The van der Waals surface area contributed by atoms with Crippen molar-refractivity contribution in [3.05, 3.63) is 35.4 Å². The minimum atomic E-state index is -4.40. The standard InChI is InChI=1S/C20H29F3N4O2.HI/c1-5-24-18(25-12-17(28)26-19(2,3)4)27-9-10-29-16(13-27)14-7-6-8-15(11-14)20(21,22)23;/h6-8,11,16H,5,9-10,12-13H2,1-4H3,(H,24,25)(H,26,28);1H. The zero-order valence-corrected chi connectivity index (χ0v) is 20.0. The van der Waals surface area contributed by atoms with Crippen molar-refractivity contribution >= 4 is 35.8 Å². The number of amides is 1. The summed E-state index contributed by atoms with van der Waals surface area (Å²) in [6.07, 6.45) is -4.92. The van der Waals surface area contributed by atoms with Crippen LogP contribution in [0.5, 0.6) is 0 Å². The number of hydrogen-bond donors (Lipinski definition) is 2. The van der Waals surface area contributed by atoms with Gasteiger partial charge in [0.1, 0.15) is 12.6 Å². The summed E-state index contributed by atoms with van der Waals surface area (Å²) in [6, 6.07) is 5.18. The molecule has 170 valence electrons. The van der Waals surface area contributed by atoms with Gasteiger partial charge in [-0.3, -0.25) is 4.79 Å². The molecule has 0 saturated carbocycles. The van der Waals surface area contributed by atoms with Crippen molar-refractivity contribution in [3.63, 3.8) is 0 Å². The normalized spacial score (nSPS) is 17.9. The lowest BCUT2D eigenvalue weighted by Gasteiger charge is -2.35. The van der Waals surface area contributed by atoms with E-state index in [1.807, 2.05) is 32.6 Å². The molecule has 1 unspecified atom stereocenters. The molecule has 10 heteroatoms. The Morgan fingerprint density at radius 2 is 2.00 bits per heavy atom. The number of hydrogen-bond acceptors (Lipinski definition) is 3. The maximum absolute atomic E-state index is 13.0. The first-order valence-corrected chi connectivity index (χ1v) is 9.62. The predicted octanol–water partition coefficient (Wildman–Crippen LogP) is 3.58. The molecule has 1 aliphatic rings. The lowest BCUT2D eigenvalue weighted by atomic mass is 10.0. The predicted molar refractivity (Wildman–Crippen MR) is 121 cm³/mol. The summed E-state index contributed by atoms with van der Waals surface area (Å²) in [4.78, 5) is 18.4. The van der Waals surface area contributed by atoms with E-state index in [0.717, 1.165) is 12.1 Å². The first-order chi connectivity index (χ1) is 13.5. The summed E-state index contributed by atoms with van der Waals surface area (Å²) >= 11 is 0. The summed E-state index contributed by atoms with van der Waals surface area (Å²) in [6.45, 7) is 9.37. The van der Waals surface area contributed by atoms with Gasteiger partial charge in [-0.1, -0.05) is 12.1 Å². The fraction of sp³-hybridized carbons (Fsp3) is 0.600. The number of halogens is 4. The van der Waals surface area contributed by atoms with Gasteiger partial charge in [-0.05, 0) is 45.4 Å². The minimum Gasteiger partial charge on any atom is -0.370 e. The number of alkyl halides is 3. The highest BCUT2D eigenvalue weighted by molar-refractivity contribution is 14.0. The van der Waals surface area contributed by atoms with Gasteiger partial charge < -0.3 is 20.3 Å². The second kappa shape index (κ2) is 11.2. The number of aliphatic imine (C=N–C) groups is 1. The van der Waals surface area contributed by atoms with E-state index in [1.54, 1.807) is 6.07 Å². The quantitative estimate of drug-likeness (QED) is 0.347. The van der Waals surface area contributed by atoms with E-state index in [-0.39, 0.29) is 42.0 Å². The number of carbonyl (C=O) groups excluding carboxylic acids is 1. The average Bonchev–Trinajstić information content (AvgIpc) is 2.63. The number of benzene rings is 1. The van der Waals surface area contributed by atoms with Crippen molar-refractivity contribution in [2.45, 2.75) is 45.5 Å². The average molecular weight is 542 g/mol. The molecule has 0 spiro atoms. The van der Waals surface area contributed by atoms with Gasteiger partial charge in [-0.15, -0.1) is 24.0 Å². The summed E-state index contributed by atoms with van der Waals surface area (Å²) in [5.74, 6) is 0.340. The van der Waals surface area contributed by atoms with Gasteiger partial charge in [-0.25, -0.2) is 4.99 Å². The summed E-state index contributed by atoms with van der Waals surface area (Å²) in [5.41, 5.74) is -0.584. The Kier molecular flexibility index (Phi) is 9.86. The summed E-state index contributed by atoms with van der Waals surface area (Å²) in [7, 11) is 0. The fourth-order valence-corrected chi connectivity index (χ4v) is 2.99. The van der Waals surface area contributed by atoms with Crippen LogP contribution in [-0.4, -0.2) is 55.1 Å². The molecule has 0 radical (unpaired) electrons. The lowest BCUT2D eigenvalue weighted by Crippen LogP contribution is -2.49. The van der Waals surface area contributed by atoms with Crippen molar-refractivity contribution in [1.29, 1.82) is 0 Å². The van der Waals surface area contributed by atoms with E-state index in [1.165, 1.54) is 6.07 Å². The first-order valence-electron chi connectivity index (χ1n) is 9.62. The smallest absolute Gasteiger partial charge is 0.370 e. The highest BCUT2D eigenvalue weighted by Gasteiger charge is 2.32. The van der Waals surface area contributed by atoms with Crippen LogP contribution in [0.1, 0.15) is 44.9 Å². The monoisotopic (exact) mass is 542 g/mol. The number of carbonyl (C=O) groups is 1. The van der Waals surface area contributed by atoms with E-state index in [4.69, 9.17) is 4.74 Å². The molecule has 6 nitrogen and oxygen atoms in total. The first kappa shape index (κ1) is 26.5. The van der Waals surface area contributed by atoms with Gasteiger partial charge in [0.25, 0.3) is 0 Å². The Hall–Kier alpha value is -1.56. The van der Waals surface area contributed by atoms with Crippen LogP contribution in [-0.2, 0) is 15.7 Å². The van der Waals surface area contributed by atoms with Crippen LogP contribution in [0.25, 0.3) is 0 Å². The number of guanidine groups is 1. The molecular weight excluding hydrogens is 512 g/mol. The molecule has 2 rings (SSSR count). The Morgan fingerprint density at radius 1 is 1.30 bits per heavy atom. The Balaban J connectivity index is 0.00000450. The van der Waals surface area contributed by atoms with E-state index in [9.17, 15) is 18.0 Å². The van der Waals surface area contributed by atoms with Crippen LogP contribution in [0.15, 0.2) is 29.3 Å². The topological polar surface area (TPSA) is 66.0 Å². The third-order valence-corrected chi connectivity index (χ3v) is 4.17. The zero-order chi connectivity index (χ0) is 21.7. The molecule has 1 amide bonds. The van der Waals surface area contributed by atoms with Gasteiger partial charge in [0.15, 0.2) is 5.96 Å². The molecule has 0 bridgehead atoms. The lowest BCUT2D eigenvalue weighted by molar-refractivity contribution is -0.137. The molecule has 1 fully saturated rings. The number of ether oxygens (including phenoxy) is 1. The van der Waals surface area contributed by atoms with Crippen molar-refractivity contribution in [2.24, 2.45) is 4.99 Å².